The monoisotopic (exact) mass is 448 g/mol. The van der Waals surface area contributed by atoms with Crippen molar-refractivity contribution in [3.05, 3.63) is 78.2 Å². The first-order valence-corrected chi connectivity index (χ1v) is 11.7. The molecule has 0 aliphatic heterocycles. The Morgan fingerprint density at radius 1 is 0.812 bits per heavy atom. The van der Waals surface area contributed by atoms with Gasteiger partial charge in [0.25, 0.3) is 0 Å². The van der Waals surface area contributed by atoms with Crippen molar-refractivity contribution in [1.29, 1.82) is 0 Å². The molecule has 0 radical (unpaired) electrons. The molecule has 0 amide bonds. The smallest absolute Gasteiger partial charge is 0.240 e. The highest BCUT2D eigenvalue weighted by Gasteiger charge is 2.13. The standard InChI is InChI=1S/C23H24N6O2S/c1-16-9-10-24-21(13-16)29-23-15-22(27-17(2)28-23)25-11-12-26-32(30,31)20-8-7-18-5-3-4-6-19(18)14-20/h3-10,13-15,26H,11-12H2,1-2H3,(H2,24,25,27,28,29). The van der Waals surface area contributed by atoms with Gasteiger partial charge < -0.3 is 10.6 Å². The zero-order valence-corrected chi connectivity index (χ0v) is 18.6. The quantitative estimate of drug-likeness (QED) is 0.352. The Hall–Kier alpha value is -3.56. The molecule has 2 aromatic heterocycles. The van der Waals surface area contributed by atoms with Crippen molar-refractivity contribution >= 4 is 38.2 Å². The number of rotatable bonds is 8. The van der Waals surface area contributed by atoms with E-state index in [0.717, 1.165) is 16.3 Å². The number of nitrogens with zero attached hydrogens (tertiary/aromatic N) is 3. The van der Waals surface area contributed by atoms with Crippen LogP contribution in [-0.4, -0.2) is 36.5 Å². The van der Waals surface area contributed by atoms with Crippen molar-refractivity contribution in [2.24, 2.45) is 0 Å². The summed E-state index contributed by atoms with van der Waals surface area (Å²) in [5.41, 5.74) is 1.09. The summed E-state index contributed by atoms with van der Waals surface area (Å²) in [6.07, 6.45) is 1.73. The maximum absolute atomic E-state index is 12.6. The lowest BCUT2D eigenvalue weighted by Gasteiger charge is -2.11. The van der Waals surface area contributed by atoms with E-state index >= 15 is 0 Å². The number of benzene rings is 2. The number of hydrogen-bond donors (Lipinski definition) is 3. The second-order valence-electron chi connectivity index (χ2n) is 7.36. The number of nitrogens with one attached hydrogen (secondary N) is 3. The van der Waals surface area contributed by atoms with E-state index in [0.29, 0.717) is 29.8 Å². The van der Waals surface area contributed by atoms with Crippen molar-refractivity contribution in [3.8, 4) is 0 Å². The van der Waals surface area contributed by atoms with E-state index in [-0.39, 0.29) is 11.4 Å². The number of anilines is 3. The summed E-state index contributed by atoms with van der Waals surface area (Å²) in [7, 11) is -3.61. The maximum Gasteiger partial charge on any atom is 0.240 e. The van der Waals surface area contributed by atoms with Gasteiger partial charge in [0.05, 0.1) is 4.90 Å². The average molecular weight is 449 g/mol. The lowest BCUT2D eigenvalue weighted by molar-refractivity contribution is 0.583. The van der Waals surface area contributed by atoms with Crippen LogP contribution in [0.15, 0.2) is 71.8 Å². The molecule has 9 heteroatoms. The number of aryl methyl sites for hydroxylation is 2. The summed E-state index contributed by atoms with van der Waals surface area (Å²) < 4.78 is 27.9. The molecule has 2 heterocycles. The highest BCUT2D eigenvalue weighted by atomic mass is 32.2. The Labute approximate surface area is 187 Å². The topological polar surface area (TPSA) is 109 Å². The van der Waals surface area contributed by atoms with E-state index in [9.17, 15) is 8.42 Å². The molecule has 32 heavy (non-hydrogen) atoms. The van der Waals surface area contributed by atoms with Gasteiger partial charge in [-0.05, 0) is 54.4 Å². The van der Waals surface area contributed by atoms with E-state index in [2.05, 4.69) is 30.3 Å². The lowest BCUT2D eigenvalue weighted by Crippen LogP contribution is -2.29. The third-order valence-corrected chi connectivity index (χ3v) is 6.22. The second-order valence-corrected chi connectivity index (χ2v) is 9.13. The highest BCUT2D eigenvalue weighted by molar-refractivity contribution is 7.89. The number of hydrogen-bond acceptors (Lipinski definition) is 7. The molecule has 164 valence electrons. The molecule has 0 saturated heterocycles. The van der Waals surface area contributed by atoms with Gasteiger partial charge in [0.1, 0.15) is 23.3 Å². The van der Waals surface area contributed by atoms with Crippen LogP contribution in [0, 0.1) is 13.8 Å². The van der Waals surface area contributed by atoms with Crippen LogP contribution in [-0.2, 0) is 10.0 Å². The first-order valence-electron chi connectivity index (χ1n) is 10.2. The predicted octanol–water partition coefficient (Wildman–Crippen LogP) is 3.78. The first-order chi connectivity index (χ1) is 15.4. The minimum absolute atomic E-state index is 0.209. The molecule has 0 spiro atoms. The highest BCUT2D eigenvalue weighted by Crippen LogP contribution is 2.19. The van der Waals surface area contributed by atoms with Gasteiger partial charge in [-0.3, -0.25) is 0 Å². The SMILES string of the molecule is Cc1ccnc(Nc2cc(NCCNS(=O)(=O)c3ccc4ccccc4c3)nc(C)n2)c1. The summed E-state index contributed by atoms with van der Waals surface area (Å²) in [6.45, 7) is 4.36. The zero-order valence-electron chi connectivity index (χ0n) is 17.8. The molecule has 3 N–H and O–H groups in total. The molecule has 0 fully saturated rings. The van der Waals surface area contributed by atoms with Crippen LogP contribution in [0.5, 0.6) is 0 Å². The Balaban J connectivity index is 1.37. The molecule has 8 nitrogen and oxygen atoms in total. The van der Waals surface area contributed by atoms with Crippen LogP contribution >= 0.6 is 0 Å². The Kier molecular flexibility index (Phi) is 6.29. The molecule has 2 aromatic carbocycles. The van der Waals surface area contributed by atoms with E-state index in [1.807, 2.05) is 49.4 Å². The largest absolute Gasteiger partial charge is 0.369 e. The molecule has 0 unspecified atom stereocenters. The van der Waals surface area contributed by atoms with E-state index in [1.54, 1.807) is 31.3 Å². The number of fused-ring (bicyclic) bond motifs is 1. The van der Waals surface area contributed by atoms with Crippen molar-refractivity contribution in [2.45, 2.75) is 18.7 Å². The third-order valence-electron chi connectivity index (χ3n) is 4.76. The summed E-state index contributed by atoms with van der Waals surface area (Å²) in [4.78, 5) is 13.3. The molecule has 4 rings (SSSR count). The molecule has 0 aliphatic carbocycles. The fourth-order valence-corrected chi connectivity index (χ4v) is 4.32. The number of aromatic nitrogens is 3. The van der Waals surface area contributed by atoms with Gasteiger partial charge in [0, 0.05) is 25.4 Å². The summed E-state index contributed by atoms with van der Waals surface area (Å²) in [5.74, 6) is 2.48. The van der Waals surface area contributed by atoms with Gasteiger partial charge in [-0.1, -0.05) is 30.3 Å². The number of pyridine rings is 1. The molecule has 0 bridgehead atoms. The molecule has 4 aromatic rings. The van der Waals surface area contributed by atoms with Gasteiger partial charge >= 0.3 is 0 Å². The van der Waals surface area contributed by atoms with Crippen molar-refractivity contribution in [1.82, 2.24) is 19.7 Å². The zero-order chi connectivity index (χ0) is 22.6. The van der Waals surface area contributed by atoms with Crippen molar-refractivity contribution < 1.29 is 8.42 Å². The molecular formula is C23H24N6O2S. The summed E-state index contributed by atoms with van der Waals surface area (Å²) >= 11 is 0. The second kappa shape index (κ2) is 9.29. The Morgan fingerprint density at radius 2 is 1.59 bits per heavy atom. The van der Waals surface area contributed by atoms with Gasteiger partial charge in [0.2, 0.25) is 10.0 Å². The third kappa shape index (κ3) is 5.37. The normalized spacial score (nSPS) is 11.4. The van der Waals surface area contributed by atoms with Crippen LogP contribution in [0.2, 0.25) is 0 Å². The fraction of sp³-hybridized carbons (Fsp3) is 0.174. The first kappa shape index (κ1) is 21.7. The average Bonchev–Trinajstić information content (AvgIpc) is 2.76. The van der Waals surface area contributed by atoms with E-state index < -0.39 is 10.0 Å². The van der Waals surface area contributed by atoms with E-state index in [4.69, 9.17) is 0 Å². The summed E-state index contributed by atoms with van der Waals surface area (Å²) in [5, 5.41) is 8.18. The molecular weight excluding hydrogens is 424 g/mol. The maximum atomic E-state index is 12.6. The van der Waals surface area contributed by atoms with E-state index in [1.165, 1.54) is 0 Å². The molecule has 0 saturated carbocycles. The summed E-state index contributed by atoms with van der Waals surface area (Å²) in [6, 6.07) is 18.4. The van der Waals surface area contributed by atoms with Crippen LogP contribution in [0.4, 0.5) is 17.5 Å². The minimum atomic E-state index is -3.61. The van der Waals surface area contributed by atoms with Crippen LogP contribution in [0.25, 0.3) is 10.8 Å². The van der Waals surface area contributed by atoms with Gasteiger partial charge in [-0.15, -0.1) is 0 Å². The molecule has 0 aliphatic rings. The van der Waals surface area contributed by atoms with Crippen molar-refractivity contribution in [2.75, 3.05) is 23.7 Å². The Morgan fingerprint density at radius 3 is 2.41 bits per heavy atom. The van der Waals surface area contributed by atoms with Gasteiger partial charge in [-0.2, -0.15) is 0 Å². The van der Waals surface area contributed by atoms with Crippen LogP contribution in [0.1, 0.15) is 11.4 Å². The predicted molar refractivity (Wildman–Crippen MR) is 127 cm³/mol. The lowest BCUT2D eigenvalue weighted by atomic mass is 10.1. The van der Waals surface area contributed by atoms with Gasteiger partial charge in [-0.25, -0.2) is 28.1 Å². The van der Waals surface area contributed by atoms with Gasteiger partial charge in [0.15, 0.2) is 0 Å². The van der Waals surface area contributed by atoms with Crippen molar-refractivity contribution in [3.63, 3.8) is 0 Å². The molecule has 0 atom stereocenters. The fourth-order valence-electron chi connectivity index (χ4n) is 3.25. The Bertz CT molecular complexity index is 1360. The minimum Gasteiger partial charge on any atom is -0.369 e. The number of sulfonamides is 1. The van der Waals surface area contributed by atoms with Crippen LogP contribution in [0.3, 0.4) is 0 Å². The van der Waals surface area contributed by atoms with Crippen LogP contribution < -0.4 is 15.4 Å².